The van der Waals surface area contributed by atoms with Crippen LogP contribution in [0.15, 0.2) is 74.5 Å². The molecule has 0 bridgehead atoms. The Morgan fingerprint density at radius 1 is 1.00 bits per heavy atom. The number of para-hydroxylation sites is 1. The summed E-state index contributed by atoms with van der Waals surface area (Å²) in [7, 11) is 0. The Morgan fingerprint density at radius 3 is 2.77 bits per heavy atom. The van der Waals surface area contributed by atoms with Crippen LogP contribution in [0.1, 0.15) is 0 Å². The largest absolute Gasteiger partial charge is 0.421 e. The van der Waals surface area contributed by atoms with Crippen molar-refractivity contribution in [1.82, 2.24) is 4.68 Å². The molecule has 0 spiro atoms. The highest BCUT2D eigenvalue weighted by molar-refractivity contribution is 9.10. The third-order valence-electron chi connectivity index (χ3n) is 3.53. The van der Waals surface area contributed by atoms with E-state index in [-0.39, 0.29) is 0 Å². The van der Waals surface area contributed by atoms with Gasteiger partial charge in [-0.05, 0) is 36.4 Å². The fraction of sp³-hybridized carbons (Fsp3) is 0. The van der Waals surface area contributed by atoms with E-state index < -0.39 is 5.63 Å². The minimum atomic E-state index is -0.396. The van der Waals surface area contributed by atoms with E-state index in [0.717, 1.165) is 20.8 Å². The predicted octanol–water partition coefficient (Wildman–Crippen LogP) is 4.39. The number of fused-ring (bicyclic) bond motifs is 2. The number of nitrogens with one attached hydrogen (secondary N) is 1. The fourth-order valence-corrected chi connectivity index (χ4v) is 2.86. The zero-order valence-electron chi connectivity index (χ0n) is 11.4. The van der Waals surface area contributed by atoms with E-state index in [1.807, 2.05) is 53.3 Å². The van der Waals surface area contributed by atoms with E-state index >= 15 is 0 Å². The van der Waals surface area contributed by atoms with Crippen LogP contribution < -0.4 is 11.1 Å². The average Bonchev–Trinajstić information content (AvgIpc) is 2.92. The average molecular weight is 355 g/mol. The van der Waals surface area contributed by atoms with Gasteiger partial charge in [-0.3, -0.25) is 10.1 Å². The van der Waals surface area contributed by atoms with Crippen LogP contribution in [0.25, 0.3) is 21.9 Å². The van der Waals surface area contributed by atoms with E-state index in [1.54, 1.807) is 12.1 Å². The molecule has 22 heavy (non-hydrogen) atoms. The lowest BCUT2D eigenvalue weighted by atomic mass is 10.2. The number of halogens is 1. The number of hydrogen-bond donors (Lipinski definition) is 1. The third-order valence-corrected chi connectivity index (χ3v) is 4.03. The first-order valence-electron chi connectivity index (χ1n) is 6.77. The Morgan fingerprint density at radius 2 is 1.86 bits per heavy atom. The van der Waals surface area contributed by atoms with Gasteiger partial charge < -0.3 is 4.42 Å². The van der Waals surface area contributed by atoms with Gasteiger partial charge in [0.05, 0.1) is 5.52 Å². The summed E-state index contributed by atoms with van der Waals surface area (Å²) in [4.78, 5) is 12.1. The van der Waals surface area contributed by atoms with Crippen molar-refractivity contribution in [3.63, 3.8) is 0 Å². The molecule has 2 aromatic heterocycles. The Hall–Kier alpha value is -2.53. The van der Waals surface area contributed by atoms with E-state index in [2.05, 4.69) is 21.4 Å². The smallest absolute Gasteiger partial charge is 0.361 e. The number of anilines is 1. The summed E-state index contributed by atoms with van der Waals surface area (Å²) in [6, 6.07) is 17.3. The molecule has 4 nitrogen and oxygen atoms in total. The van der Waals surface area contributed by atoms with Gasteiger partial charge in [0.15, 0.2) is 0 Å². The molecule has 0 fully saturated rings. The van der Waals surface area contributed by atoms with Crippen LogP contribution in [-0.2, 0) is 0 Å². The van der Waals surface area contributed by atoms with Gasteiger partial charge in [-0.25, -0.2) is 4.79 Å². The molecule has 0 saturated heterocycles. The quantitative estimate of drug-likeness (QED) is 0.543. The van der Waals surface area contributed by atoms with Crippen LogP contribution >= 0.6 is 15.9 Å². The van der Waals surface area contributed by atoms with Crippen LogP contribution in [0, 0.1) is 0 Å². The summed E-state index contributed by atoms with van der Waals surface area (Å²) in [5.41, 5.74) is 4.66. The monoisotopic (exact) mass is 354 g/mol. The third kappa shape index (κ3) is 2.19. The maximum atomic E-state index is 12.1. The van der Waals surface area contributed by atoms with Crippen molar-refractivity contribution in [1.29, 1.82) is 0 Å². The molecule has 108 valence electrons. The van der Waals surface area contributed by atoms with Crippen LogP contribution in [0.5, 0.6) is 0 Å². The van der Waals surface area contributed by atoms with Crippen LogP contribution in [0.3, 0.4) is 0 Å². The topological polar surface area (TPSA) is 47.2 Å². The van der Waals surface area contributed by atoms with Gasteiger partial charge in [0.1, 0.15) is 11.3 Å². The highest BCUT2D eigenvalue weighted by atomic mass is 79.9. The first-order valence-corrected chi connectivity index (χ1v) is 7.56. The summed E-state index contributed by atoms with van der Waals surface area (Å²) >= 11 is 3.42. The van der Waals surface area contributed by atoms with Gasteiger partial charge >= 0.3 is 5.63 Å². The summed E-state index contributed by atoms with van der Waals surface area (Å²) < 4.78 is 8.10. The molecule has 0 saturated carbocycles. The molecule has 4 aromatic rings. The number of nitrogens with zero attached hydrogens (tertiary/aromatic N) is 1. The van der Waals surface area contributed by atoms with E-state index in [1.165, 1.54) is 0 Å². The van der Waals surface area contributed by atoms with E-state index in [0.29, 0.717) is 11.3 Å². The zero-order chi connectivity index (χ0) is 15.1. The molecule has 0 radical (unpaired) electrons. The maximum absolute atomic E-state index is 12.1. The van der Waals surface area contributed by atoms with Crippen LogP contribution in [-0.4, -0.2) is 4.68 Å². The lowest BCUT2D eigenvalue weighted by Crippen LogP contribution is -2.15. The molecule has 0 aliphatic heterocycles. The molecule has 5 heteroatoms. The van der Waals surface area contributed by atoms with Gasteiger partial charge in [-0.2, -0.15) is 0 Å². The number of benzene rings is 2. The number of hydrogen-bond acceptors (Lipinski definition) is 3. The first kappa shape index (κ1) is 13.2. The van der Waals surface area contributed by atoms with Crippen molar-refractivity contribution in [2.24, 2.45) is 0 Å². The molecule has 0 atom stereocenters. The molecule has 0 aliphatic carbocycles. The second-order valence-electron chi connectivity index (χ2n) is 4.99. The molecule has 2 aromatic carbocycles. The Labute approximate surface area is 134 Å². The Kier molecular flexibility index (Phi) is 3.01. The summed E-state index contributed by atoms with van der Waals surface area (Å²) in [6.07, 6.45) is 1.88. The standard InChI is InChI=1S/C17H11BrN2O2/c18-13-5-6-16-12(9-13)10-14(17(21)22-16)19-20-8-7-11-3-1-2-4-15(11)20/h1-10,19H. The molecule has 0 aliphatic rings. The maximum Gasteiger partial charge on any atom is 0.361 e. The lowest BCUT2D eigenvalue weighted by molar-refractivity contribution is 0.562. The van der Waals surface area contributed by atoms with Crippen molar-refractivity contribution < 1.29 is 4.42 Å². The van der Waals surface area contributed by atoms with Gasteiger partial charge in [0.2, 0.25) is 0 Å². The summed E-state index contributed by atoms with van der Waals surface area (Å²) in [6.45, 7) is 0. The predicted molar refractivity (Wildman–Crippen MR) is 91.1 cm³/mol. The number of rotatable bonds is 2. The SMILES string of the molecule is O=c1oc2ccc(Br)cc2cc1Nn1ccc2ccccc21. The van der Waals surface area contributed by atoms with Crippen molar-refractivity contribution in [3.8, 4) is 0 Å². The van der Waals surface area contributed by atoms with Gasteiger partial charge in [-0.15, -0.1) is 0 Å². The fourth-order valence-electron chi connectivity index (χ4n) is 2.48. The second kappa shape index (κ2) is 5.03. The highest BCUT2D eigenvalue weighted by Crippen LogP contribution is 2.21. The first-order chi connectivity index (χ1) is 10.7. The van der Waals surface area contributed by atoms with Crippen molar-refractivity contribution >= 4 is 43.5 Å². The molecule has 2 heterocycles. The van der Waals surface area contributed by atoms with Gasteiger partial charge in [-0.1, -0.05) is 34.1 Å². The van der Waals surface area contributed by atoms with Crippen LogP contribution in [0.2, 0.25) is 0 Å². The molecule has 4 rings (SSSR count). The van der Waals surface area contributed by atoms with Crippen molar-refractivity contribution in [2.45, 2.75) is 0 Å². The molecule has 1 N–H and O–H groups in total. The molecule has 0 unspecified atom stereocenters. The number of aromatic nitrogens is 1. The van der Waals surface area contributed by atoms with Gasteiger partial charge in [0.25, 0.3) is 0 Å². The normalized spacial score (nSPS) is 11.1. The van der Waals surface area contributed by atoms with E-state index in [9.17, 15) is 4.79 Å². The molecular formula is C17H11BrN2O2. The van der Waals surface area contributed by atoms with Crippen molar-refractivity contribution in [3.05, 3.63) is 75.7 Å². The second-order valence-corrected chi connectivity index (χ2v) is 5.90. The van der Waals surface area contributed by atoms with Crippen LogP contribution in [0.4, 0.5) is 5.69 Å². The minimum Gasteiger partial charge on any atom is -0.421 e. The molecule has 0 amide bonds. The summed E-state index contributed by atoms with van der Waals surface area (Å²) in [5.74, 6) is 0. The molecular weight excluding hydrogens is 344 g/mol. The van der Waals surface area contributed by atoms with Gasteiger partial charge in [0, 0.05) is 21.4 Å². The highest BCUT2D eigenvalue weighted by Gasteiger charge is 2.07. The zero-order valence-corrected chi connectivity index (χ0v) is 13.0. The van der Waals surface area contributed by atoms with E-state index in [4.69, 9.17) is 4.42 Å². The minimum absolute atomic E-state index is 0.395. The Bertz CT molecular complexity index is 1050. The summed E-state index contributed by atoms with van der Waals surface area (Å²) in [5, 5.41) is 1.95. The Balaban J connectivity index is 1.84. The van der Waals surface area contributed by atoms with Crippen molar-refractivity contribution in [2.75, 3.05) is 5.43 Å². The lowest BCUT2D eigenvalue weighted by Gasteiger charge is -2.09.